The molecule has 0 aliphatic heterocycles. The van der Waals surface area contributed by atoms with E-state index in [1.165, 1.54) is 0 Å². The highest BCUT2D eigenvalue weighted by Crippen LogP contribution is 2.20. The first kappa shape index (κ1) is 13.2. The SMILES string of the molecule is COCc1nn(CCC(C)C)c(Cl)c1C=O. The third kappa shape index (κ3) is 3.06. The number of nitrogens with zero attached hydrogens (tertiary/aromatic N) is 2. The van der Waals surface area contributed by atoms with Crippen LogP contribution in [0.1, 0.15) is 36.3 Å². The van der Waals surface area contributed by atoms with Crippen molar-refractivity contribution in [3.63, 3.8) is 0 Å². The minimum atomic E-state index is 0.308. The van der Waals surface area contributed by atoms with E-state index in [9.17, 15) is 4.79 Å². The number of hydrogen-bond donors (Lipinski definition) is 0. The van der Waals surface area contributed by atoms with E-state index < -0.39 is 0 Å². The average Bonchev–Trinajstić information content (AvgIpc) is 2.52. The number of hydrogen-bond acceptors (Lipinski definition) is 3. The number of methoxy groups -OCH3 is 1. The van der Waals surface area contributed by atoms with Gasteiger partial charge in [0.1, 0.15) is 10.8 Å². The van der Waals surface area contributed by atoms with Crippen LogP contribution in [0.25, 0.3) is 0 Å². The molecule has 0 N–H and O–H groups in total. The maximum atomic E-state index is 10.9. The van der Waals surface area contributed by atoms with Crippen molar-refractivity contribution in [3.8, 4) is 0 Å². The predicted octanol–water partition coefficient (Wildman–Crippen LogP) is 2.54. The van der Waals surface area contributed by atoms with E-state index in [-0.39, 0.29) is 0 Å². The van der Waals surface area contributed by atoms with Crippen LogP contribution in [0.3, 0.4) is 0 Å². The fourth-order valence-corrected chi connectivity index (χ4v) is 1.67. The fourth-order valence-electron chi connectivity index (χ4n) is 1.39. The normalized spacial score (nSPS) is 11.1. The topological polar surface area (TPSA) is 44.1 Å². The highest BCUT2D eigenvalue weighted by Gasteiger charge is 2.15. The molecule has 5 heteroatoms. The lowest BCUT2D eigenvalue weighted by molar-refractivity contribution is 0.111. The van der Waals surface area contributed by atoms with Crippen molar-refractivity contribution in [2.75, 3.05) is 7.11 Å². The van der Waals surface area contributed by atoms with Gasteiger partial charge in [0, 0.05) is 13.7 Å². The maximum absolute atomic E-state index is 10.9. The Morgan fingerprint density at radius 3 is 2.75 bits per heavy atom. The van der Waals surface area contributed by atoms with Gasteiger partial charge in [-0.05, 0) is 12.3 Å². The molecule has 0 amide bonds. The zero-order valence-electron chi connectivity index (χ0n) is 9.86. The molecule has 0 spiro atoms. The Balaban J connectivity index is 2.88. The summed E-state index contributed by atoms with van der Waals surface area (Å²) < 4.78 is 6.64. The summed E-state index contributed by atoms with van der Waals surface area (Å²) in [6.45, 7) is 5.30. The third-order valence-corrected chi connectivity index (χ3v) is 2.72. The molecule has 16 heavy (non-hydrogen) atoms. The monoisotopic (exact) mass is 244 g/mol. The molecule has 1 heterocycles. The Morgan fingerprint density at radius 2 is 2.25 bits per heavy atom. The van der Waals surface area contributed by atoms with Gasteiger partial charge in [0.15, 0.2) is 6.29 Å². The molecule has 0 unspecified atom stereocenters. The van der Waals surface area contributed by atoms with Crippen molar-refractivity contribution in [3.05, 3.63) is 16.4 Å². The molecule has 0 saturated carbocycles. The summed E-state index contributed by atoms with van der Waals surface area (Å²) in [6, 6.07) is 0. The Morgan fingerprint density at radius 1 is 1.56 bits per heavy atom. The number of carbonyl (C=O) groups is 1. The van der Waals surface area contributed by atoms with Crippen molar-refractivity contribution in [2.24, 2.45) is 5.92 Å². The molecule has 1 rings (SSSR count). The van der Waals surface area contributed by atoms with Gasteiger partial charge in [0.05, 0.1) is 12.2 Å². The lowest BCUT2D eigenvalue weighted by atomic mass is 10.1. The van der Waals surface area contributed by atoms with Crippen molar-refractivity contribution >= 4 is 17.9 Å². The number of halogens is 1. The van der Waals surface area contributed by atoms with Gasteiger partial charge in [-0.2, -0.15) is 5.10 Å². The fraction of sp³-hybridized carbons (Fsp3) is 0.636. The number of carbonyl (C=O) groups excluding carboxylic acids is 1. The van der Waals surface area contributed by atoms with Gasteiger partial charge in [0.2, 0.25) is 0 Å². The van der Waals surface area contributed by atoms with Crippen LogP contribution in [-0.4, -0.2) is 23.2 Å². The quantitative estimate of drug-likeness (QED) is 0.723. The van der Waals surface area contributed by atoms with Gasteiger partial charge in [-0.25, -0.2) is 0 Å². The van der Waals surface area contributed by atoms with Crippen LogP contribution >= 0.6 is 11.6 Å². The second-order valence-corrected chi connectivity index (χ2v) is 4.47. The van der Waals surface area contributed by atoms with Crippen LogP contribution in [0.2, 0.25) is 5.15 Å². The molecule has 1 aromatic rings. The van der Waals surface area contributed by atoms with Crippen LogP contribution < -0.4 is 0 Å². The molecule has 0 aliphatic carbocycles. The van der Waals surface area contributed by atoms with Gasteiger partial charge in [-0.3, -0.25) is 9.48 Å². The van der Waals surface area contributed by atoms with Crippen LogP contribution in [0.4, 0.5) is 0 Å². The molecule has 1 aromatic heterocycles. The summed E-state index contributed by atoms with van der Waals surface area (Å²) >= 11 is 6.06. The zero-order chi connectivity index (χ0) is 12.1. The molecule has 0 aromatic carbocycles. The minimum Gasteiger partial charge on any atom is -0.378 e. The van der Waals surface area contributed by atoms with Crippen LogP contribution in [0, 0.1) is 5.92 Å². The first-order chi connectivity index (χ1) is 7.60. The van der Waals surface area contributed by atoms with E-state index in [4.69, 9.17) is 16.3 Å². The van der Waals surface area contributed by atoms with Crippen LogP contribution in [0.5, 0.6) is 0 Å². The molecule has 0 radical (unpaired) electrons. The summed E-state index contributed by atoms with van der Waals surface area (Å²) in [6.07, 6.45) is 1.71. The Labute approximate surface area is 101 Å². The van der Waals surface area contributed by atoms with Crippen molar-refractivity contribution in [1.82, 2.24) is 9.78 Å². The van der Waals surface area contributed by atoms with E-state index >= 15 is 0 Å². The lowest BCUT2D eigenvalue weighted by Gasteiger charge is -2.05. The lowest BCUT2D eigenvalue weighted by Crippen LogP contribution is -2.04. The smallest absolute Gasteiger partial charge is 0.155 e. The van der Waals surface area contributed by atoms with Crippen molar-refractivity contribution in [1.29, 1.82) is 0 Å². The Hall–Kier alpha value is -0.870. The molecule has 4 nitrogen and oxygen atoms in total. The summed E-state index contributed by atoms with van der Waals surface area (Å²) in [5.41, 5.74) is 1.04. The Bertz CT molecular complexity index is 361. The number of aromatic nitrogens is 2. The first-order valence-electron chi connectivity index (χ1n) is 5.29. The number of rotatable bonds is 6. The molecular formula is C11H17ClN2O2. The van der Waals surface area contributed by atoms with E-state index in [2.05, 4.69) is 18.9 Å². The highest BCUT2D eigenvalue weighted by molar-refractivity contribution is 6.32. The van der Waals surface area contributed by atoms with Crippen molar-refractivity contribution in [2.45, 2.75) is 33.4 Å². The van der Waals surface area contributed by atoms with E-state index in [1.54, 1.807) is 11.8 Å². The first-order valence-corrected chi connectivity index (χ1v) is 5.67. The second kappa shape index (κ2) is 6.01. The third-order valence-electron chi connectivity index (χ3n) is 2.32. The molecule has 0 aliphatic rings. The van der Waals surface area contributed by atoms with E-state index in [0.717, 1.165) is 19.3 Å². The van der Waals surface area contributed by atoms with Gasteiger partial charge in [-0.15, -0.1) is 0 Å². The van der Waals surface area contributed by atoms with Crippen molar-refractivity contribution < 1.29 is 9.53 Å². The highest BCUT2D eigenvalue weighted by atomic mass is 35.5. The van der Waals surface area contributed by atoms with Gasteiger partial charge in [-0.1, -0.05) is 25.4 Å². The van der Waals surface area contributed by atoms with Crippen LogP contribution in [-0.2, 0) is 17.9 Å². The largest absolute Gasteiger partial charge is 0.378 e. The molecule has 0 bridgehead atoms. The predicted molar refractivity (Wildman–Crippen MR) is 62.8 cm³/mol. The van der Waals surface area contributed by atoms with Gasteiger partial charge < -0.3 is 4.74 Å². The molecular weight excluding hydrogens is 228 g/mol. The van der Waals surface area contributed by atoms with Gasteiger partial charge in [0.25, 0.3) is 0 Å². The Kier molecular flexibility index (Phi) is 4.96. The van der Waals surface area contributed by atoms with Gasteiger partial charge >= 0.3 is 0 Å². The molecule has 0 fully saturated rings. The number of aldehydes is 1. The molecule has 90 valence electrons. The van der Waals surface area contributed by atoms with E-state index in [0.29, 0.717) is 28.9 Å². The summed E-state index contributed by atoms with van der Waals surface area (Å²) in [5.74, 6) is 0.575. The minimum absolute atomic E-state index is 0.308. The van der Waals surface area contributed by atoms with Crippen LogP contribution in [0.15, 0.2) is 0 Å². The van der Waals surface area contributed by atoms with E-state index in [1.807, 2.05) is 0 Å². The number of ether oxygens (including phenoxy) is 1. The maximum Gasteiger partial charge on any atom is 0.155 e. The summed E-state index contributed by atoms with van der Waals surface area (Å²) in [7, 11) is 1.57. The summed E-state index contributed by atoms with van der Waals surface area (Å²) in [4.78, 5) is 10.9. The summed E-state index contributed by atoms with van der Waals surface area (Å²) in [5, 5.41) is 4.68. The average molecular weight is 245 g/mol. The zero-order valence-corrected chi connectivity index (χ0v) is 10.6. The standard InChI is InChI=1S/C11H17ClN2O2/c1-8(2)4-5-14-11(12)9(6-15)10(13-14)7-16-3/h6,8H,4-5,7H2,1-3H3. The molecule has 0 saturated heterocycles. The molecule has 0 atom stereocenters. The number of aryl methyl sites for hydroxylation is 1. The second-order valence-electron chi connectivity index (χ2n) is 4.11.